The normalized spacial score (nSPS) is 12.1. The van der Waals surface area contributed by atoms with Crippen molar-refractivity contribution in [3.63, 3.8) is 0 Å². The SMILES string of the molecule is Cc1ccc(OCCOCC(O)CN(CCO)CCO)cc1C.Cl. The van der Waals surface area contributed by atoms with Gasteiger partial charge in [0.2, 0.25) is 0 Å². The highest BCUT2D eigenvalue weighted by molar-refractivity contribution is 5.85. The van der Waals surface area contributed by atoms with Crippen molar-refractivity contribution in [2.75, 3.05) is 52.7 Å². The second-order valence-electron chi connectivity index (χ2n) is 5.57. The summed E-state index contributed by atoms with van der Waals surface area (Å²) in [7, 11) is 0. The minimum Gasteiger partial charge on any atom is -0.491 e. The Bertz CT molecular complexity index is 441. The van der Waals surface area contributed by atoms with Gasteiger partial charge in [0.1, 0.15) is 12.4 Å². The molecule has 7 heteroatoms. The van der Waals surface area contributed by atoms with Gasteiger partial charge in [-0.3, -0.25) is 4.90 Å². The molecule has 6 nitrogen and oxygen atoms in total. The summed E-state index contributed by atoms with van der Waals surface area (Å²) in [6, 6.07) is 5.94. The maximum absolute atomic E-state index is 9.89. The van der Waals surface area contributed by atoms with Gasteiger partial charge in [0.25, 0.3) is 0 Å². The van der Waals surface area contributed by atoms with Gasteiger partial charge in [-0.2, -0.15) is 0 Å². The first kappa shape index (κ1) is 23.1. The molecule has 0 amide bonds. The molecule has 0 radical (unpaired) electrons. The van der Waals surface area contributed by atoms with Gasteiger partial charge in [-0.05, 0) is 37.1 Å². The molecule has 0 heterocycles. The van der Waals surface area contributed by atoms with Crippen molar-refractivity contribution < 1.29 is 24.8 Å². The standard InChI is InChI=1S/C17H29NO5.ClH/c1-14-3-4-17(11-15(14)2)23-10-9-22-13-16(21)12-18(5-7-19)6-8-20;/h3-4,11,16,19-21H,5-10,12-13H2,1-2H3;1H. The highest BCUT2D eigenvalue weighted by Crippen LogP contribution is 2.16. The molecule has 140 valence electrons. The van der Waals surface area contributed by atoms with E-state index in [1.54, 1.807) is 4.90 Å². The maximum Gasteiger partial charge on any atom is 0.119 e. The number of hydrogen-bond donors (Lipinski definition) is 3. The third-order valence-electron chi connectivity index (χ3n) is 3.59. The summed E-state index contributed by atoms with van der Waals surface area (Å²) < 4.78 is 11.0. The summed E-state index contributed by atoms with van der Waals surface area (Å²) in [6.07, 6.45) is -0.658. The molecular formula is C17H30ClNO5. The lowest BCUT2D eigenvalue weighted by Gasteiger charge is -2.23. The maximum atomic E-state index is 9.89. The lowest BCUT2D eigenvalue weighted by Crippen LogP contribution is -2.38. The van der Waals surface area contributed by atoms with Crippen molar-refractivity contribution in [3.8, 4) is 5.75 Å². The Balaban J connectivity index is 0.00000529. The number of benzene rings is 1. The summed E-state index contributed by atoms with van der Waals surface area (Å²) >= 11 is 0. The summed E-state index contributed by atoms with van der Waals surface area (Å²) in [5, 5.41) is 27.7. The van der Waals surface area contributed by atoms with Gasteiger partial charge < -0.3 is 24.8 Å². The highest BCUT2D eigenvalue weighted by Gasteiger charge is 2.11. The molecule has 1 rings (SSSR count). The Hall–Kier alpha value is -0.890. The van der Waals surface area contributed by atoms with Crippen LogP contribution in [0.5, 0.6) is 5.75 Å². The van der Waals surface area contributed by atoms with Gasteiger partial charge in [0, 0.05) is 19.6 Å². The van der Waals surface area contributed by atoms with E-state index in [0.717, 1.165) is 5.75 Å². The Labute approximate surface area is 150 Å². The predicted octanol–water partition coefficient (Wildman–Crippen LogP) is 0.768. The minimum absolute atomic E-state index is 0. The quantitative estimate of drug-likeness (QED) is 0.476. The van der Waals surface area contributed by atoms with E-state index in [4.69, 9.17) is 19.7 Å². The largest absolute Gasteiger partial charge is 0.491 e. The molecule has 24 heavy (non-hydrogen) atoms. The molecule has 0 spiro atoms. The van der Waals surface area contributed by atoms with E-state index in [0.29, 0.717) is 32.8 Å². The lowest BCUT2D eigenvalue weighted by molar-refractivity contribution is 0.00361. The lowest BCUT2D eigenvalue weighted by atomic mass is 10.1. The highest BCUT2D eigenvalue weighted by atomic mass is 35.5. The van der Waals surface area contributed by atoms with Crippen LogP contribution in [0.25, 0.3) is 0 Å². The van der Waals surface area contributed by atoms with Gasteiger partial charge in [0.05, 0.1) is 32.5 Å². The van der Waals surface area contributed by atoms with Crippen LogP contribution in [-0.2, 0) is 4.74 Å². The number of rotatable bonds is 12. The van der Waals surface area contributed by atoms with Crippen molar-refractivity contribution in [3.05, 3.63) is 29.3 Å². The zero-order valence-electron chi connectivity index (χ0n) is 14.5. The van der Waals surface area contributed by atoms with Gasteiger partial charge in [-0.25, -0.2) is 0 Å². The Morgan fingerprint density at radius 1 is 1.04 bits per heavy atom. The smallest absolute Gasteiger partial charge is 0.119 e. The van der Waals surface area contributed by atoms with E-state index in [1.165, 1.54) is 11.1 Å². The molecule has 0 aliphatic heterocycles. The van der Waals surface area contributed by atoms with Crippen LogP contribution in [-0.4, -0.2) is 79.0 Å². The molecular weight excluding hydrogens is 334 g/mol. The summed E-state index contributed by atoms with van der Waals surface area (Å²) in [4.78, 5) is 1.79. The second-order valence-corrected chi connectivity index (χ2v) is 5.57. The Kier molecular flexibility index (Phi) is 12.9. The summed E-state index contributed by atoms with van der Waals surface area (Å²) in [6.45, 7) is 6.31. The van der Waals surface area contributed by atoms with Gasteiger partial charge in [0.15, 0.2) is 0 Å². The van der Waals surface area contributed by atoms with E-state index >= 15 is 0 Å². The fourth-order valence-electron chi connectivity index (χ4n) is 2.17. The second kappa shape index (κ2) is 13.4. The first-order chi connectivity index (χ1) is 11.1. The molecule has 1 unspecified atom stereocenters. The number of ether oxygens (including phenoxy) is 2. The van der Waals surface area contributed by atoms with Crippen LogP contribution in [0.3, 0.4) is 0 Å². The van der Waals surface area contributed by atoms with E-state index in [-0.39, 0.29) is 32.2 Å². The van der Waals surface area contributed by atoms with E-state index < -0.39 is 6.10 Å². The minimum atomic E-state index is -0.658. The van der Waals surface area contributed by atoms with Crippen LogP contribution in [0.1, 0.15) is 11.1 Å². The van der Waals surface area contributed by atoms with Crippen molar-refractivity contribution in [2.24, 2.45) is 0 Å². The molecule has 0 aromatic heterocycles. The average Bonchev–Trinajstić information content (AvgIpc) is 2.51. The van der Waals surface area contributed by atoms with E-state index in [1.807, 2.05) is 25.1 Å². The van der Waals surface area contributed by atoms with Crippen LogP contribution in [0.15, 0.2) is 18.2 Å². The van der Waals surface area contributed by atoms with Gasteiger partial charge in [-0.1, -0.05) is 6.07 Å². The summed E-state index contributed by atoms with van der Waals surface area (Å²) in [5.41, 5.74) is 2.42. The van der Waals surface area contributed by atoms with Crippen LogP contribution in [0.2, 0.25) is 0 Å². The number of halogens is 1. The number of aryl methyl sites for hydroxylation is 2. The summed E-state index contributed by atoms with van der Waals surface area (Å²) in [5.74, 6) is 0.814. The van der Waals surface area contributed by atoms with E-state index in [9.17, 15) is 5.11 Å². The molecule has 1 aromatic rings. The fraction of sp³-hybridized carbons (Fsp3) is 0.647. The predicted molar refractivity (Wildman–Crippen MR) is 96.1 cm³/mol. The Morgan fingerprint density at radius 2 is 1.71 bits per heavy atom. The van der Waals surface area contributed by atoms with Crippen LogP contribution in [0.4, 0.5) is 0 Å². The molecule has 0 aliphatic carbocycles. The average molecular weight is 364 g/mol. The number of nitrogens with zero attached hydrogens (tertiary/aromatic N) is 1. The van der Waals surface area contributed by atoms with Crippen LogP contribution in [0, 0.1) is 13.8 Å². The molecule has 0 fully saturated rings. The Morgan fingerprint density at radius 3 is 2.29 bits per heavy atom. The zero-order chi connectivity index (χ0) is 17.1. The van der Waals surface area contributed by atoms with Crippen molar-refractivity contribution in [2.45, 2.75) is 20.0 Å². The molecule has 0 aliphatic rings. The van der Waals surface area contributed by atoms with Crippen molar-refractivity contribution in [1.29, 1.82) is 0 Å². The molecule has 3 N–H and O–H groups in total. The van der Waals surface area contributed by atoms with Crippen molar-refractivity contribution in [1.82, 2.24) is 4.90 Å². The topological polar surface area (TPSA) is 82.4 Å². The number of hydrogen-bond acceptors (Lipinski definition) is 6. The fourth-order valence-corrected chi connectivity index (χ4v) is 2.17. The van der Waals surface area contributed by atoms with Crippen molar-refractivity contribution >= 4 is 12.4 Å². The molecule has 1 aromatic carbocycles. The first-order valence-electron chi connectivity index (χ1n) is 7.96. The number of aliphatic hydroxyl groups excluding tert-OH is 3. The first-order valence-corrected chi connectivity index (χ1v) is 7.96. The van der Waals surface area contributed by atoms with E-state index in [2.05, 4.69) is 6.92 Å². The molecule has 1 atom stereocenters. The van der Waals surface area contributed by atoms with Gasteiger partial charge >= 0.3 is 0 Å². The zero-order valence-corrected chi connectivity index (χ0v) is 15.3. The molecule has 0 saturated heterocycles. The van der Waals surface area contributed by atoms with Crippen LogP contribution < -0.4 is 4.74 Å². The van der Waals surface area contributed by atoms with Gasteiger partial charge in [-0.15, -0.1) is 12.4 Å². The van der Waals surface area contributed by atoms with Crippen LogP contribution >= 0.6 is 12.4 Å². The molecule has 0 bridgehead atoms. The third-order valence-corrected chi connectivity index (χ3v) is 3.59. The third kappa shape index (κ3) is 9.42. The molecule has 0 saturated carbocycles. The monoisotopic (exact) mass is 363 g/mol. The number of aliphatic hydroxyl groups is 3.